The summed E-state index contributed by atoms with van der Waals surface area (Å²) in [5, 5.41) is 8.97. The second-order valence-corrected chi connectivity index (χ2v) is 7.67. The largest absolute Gasteiger partial charge is 0.478 e. The monoisotopic (exact) mass is 327 g/mol. The van der Waals surface area contributed by atoms with E-state index in [1.165, 1.54) is 24.3 Å². The predicted octanol–water partition coefficient (Wildman–Crippen LogP) is 1.88. The van der Waals surface area contributed by atoms with E-state index in [-0.39, 0.29) is 23.2 Å². The van der Waals surface area contributed by atoms with Crippen molar-refractivity contribution in [2.45, 2.75) is 26.7 Å². The molecular weight excluding hydrogens is 310 g/mol. The van der Waals surface area contributed by atoms with E-state index in [1.54, 1.807) is 6.92 Å². The molecule has 6 nitrogen and oxygen atoms in total. The molecule has 1 aromatic carbocycles. The van der Waals surface area contributed by atoms with Crippen LogP contribution in [0, 0.1) is 22.7 Å². The third-order valence-electron chi connectivity index (χ3n) is 6.09. The molecule has 2 aliphatic carbocycles. The van der Waals surface area contributed by atoms with Gasteiger partial charge in [0.05, 0.1) is 23.1 Å². The van der Waals surface area contributed by atoms with E-state index in [4.69, 9.17) is 5.11 Å². The fourth-order valence-corrected chi connectivity index (χ4v) is 5.09. The Labute approximate surface area is 138 Å². The highest BCUT2D eigenvalue weighted by Gasteiger charge is 2.74. The molecule has 1 heterocycles. The minimum Gasteiger partial charge on any atom is -0.478 e. The lowest BCUT2D eigenvalue weighted by molar-refractivity contribution is -0.138. The fourth-order valence-electron chi connectivity index (χ4n) is 5.09. The maximum atomic E-state index is 12.9. The van der Waals surface area contributed by atoms with Crippen LogP contribution in [0.1, 0.15) is 37.0 Å². The molecule has 2 bridgehead atoms. The van der Waals surface area contributed by atoms with Crippen LogP contribution in [0.2, 0.25) is 0 Å². The normalized spacial score (nSPS) is 37.2. The van der Waals surface area contributed by atoms with Crippen LogP contribution >= 0.6 is 0 Å². The van der Waals surface area contributed by atoms with Gasteiger partial charge >= 0.3 is 5.97 Å². The molecule has 3 aliphatic rings. The Kier molecular flexibility index (Phi) is 2.71. The van der Waals surface area contributed by atoms with Crippen LogP contribution in [0.15, 0.2) is 24.3 Å². The van der Waals surface area contributed by atoms with E-state index in [9.17, 15) is 19.2 Å². The SMILES string of the molecule is CC12CC(=O)C(C)(C1)C1C(=O)N(c3ccc(C(=O)O)cc3)C(=O)C12. The van der Waals surface area contributed by atoms with Crippen molar-refractivity contribution < 1.29 is 24.3 Å². The van der Waals surface area contributed by atoms with Crippen molar-refractivity contribution >= 4 is 29.3 Å². The van der Waals surface area contributed by atoms with Crippen molar-refractivity contribution in [3.63, 3.8) is 0 Å². The van der Waals surface area contributed by atoms with Gasteiger partial charge in [0.2, 0.25) is 11.8 Å². The molecule has 4 atom stereocenters. The zero-order valence-corrected chi connectivity index (χ0v) is 13.4. The number of imide groups is 1. The first-order valence-corrected chi connectivity index (χ1v) is 7.93. The molecule has 0 spiro atoms. The maximum absolute atomic E-state index is 12.9. The van der Waals surface area contributed by atoms with Crippen LogP contribution in [0.4, 0.5) is 5.69 Å². The summed E-state index contributed by atoms with van der Waals surface area (Å²) in [5.74, 6) is -2.68. The van der Waals surface area contributed by atoms with E-state index in [1.807, 2.05) is 6.92 Å². The highest BCUT2D eigenvalue weighted by molar-refractivity contribution is 6.24. The van der Waals surface area contributed by atoms with Gasteiger partial charge in [0.25, 0.3) is 0 Å². The number of ketones is 1. The Morgan fingerprint density at radius 3 is 2.25 bits per heavy atom. The van der Waals surface area contributed by atoms with Crippen molar-refractivity contribution in [1.29, 1.82) is 0 Å². The number of anilines is 1. The lowest BCUT2D eigenvalue weighted by atomic mass is 9.68. The van der Waals surface area contributed by atoms with Crippen molar-refractivity contribution in [3.05, 3.63) is 29.8 Å². The number of hydrogen-bond acceptors (Lipinski definition) is 4. The molecule has 2 saturated carbocycles. The molecule has 1 N–H and O–H groups in total. The van der Waals surface area contributed by atoms with Gasteiger partial charge in [-0.25, -0.2) is 4.79 Å². The van der Waals surface area contributed by atoms with Gasteiger partial charge in [-0.3, -0.25) is 19.3 Å². The summed E-state index contributed by atoms with van der Waals surface area (Å²) in [5.41, 5.74) is -0.767. The molecule has 0 radical (unpaired) electrons. The minimum absolute atomic E-state index is 0.0653. The van der Waals surface area contributed by atoms with Crippen molar-refractivity contribution in [1.82, 2.24) is 0 Å². The van der Waals surface area contributed by atoms with Gasteiger partial charge in [0, 0.05) is 11.8 Å². The van der Waals surface area contributed by atoms with Crippen LogP contribution in [0.3, 0.4) is 0 Å². The topological polar surface area (TPSA) is 91.8 Å². The number of carbonyl (C=O) groups is 4. The summed E-state index contributed by atoms with van der Waals surface area (Å²) in [6.07, 6.45) is 0.924. The molecule has 1 aromatic rings. The van der Waals surface area contributed by atoms with Crippen molar-refractivity contribution in [2.24, 2.45) is 22.7 Å². The van der Waals surface area contributed by atoms with Crippen LogP contribution < -0.4 is 4.90 Å². The number of fused-ring (bicyclic) bond motifs is 5. The molecule has 6 heteroatoms. The highest BCUT2D eigenvalue weighted by Crippen LogP contribution is 2.67. The molecule has 124 valence electrons. The second-order valence-electron chi connectivity index (χ2n) is 7.67. The zero-order valence-electron chi connectivity index (χ0n) is 13.4. The molecule has 3 fully saturated rings. The average Bonchev–Trinajstić information content (AvgIpc) is 3.01. The number of carboxylic acids is 1. The molecule has 2 amide bonds. The van der Waals surface area contributed by atoms with Crippen LogP contribution in [0.5, 0.6) is 0 Å². The molecule has 1 aliphatic heterocycles. The van der Waals surface area contributed by atoms with Crippen molar-refractivity contribution in [3.8, 4) is 0 Å². The number of carbonyl (C=O) groups excluding carboxylic acids is 3. The number of Topliss-reactive ketones (excluding diaryl/α,β-unsaturated/α-hetero) is 1. The lowest BCUT2D eigenvalue weighted by Crippen LogP contribution is -2.40. The predicted molar refractivity (Wildman–Crippen MR) is 83.3 cm³/mol. The first-order chi connectivity index (χ1) is 11.2. The maximum Gasteiger partial charge on any atom is 0.335 e. The summed E-state index contributed by atoms with van der Waals surface area (Å²) in [6.45, 7) is 3.72. The smallest absolute Gasteiger partial charge is 0.335 e. The number of carboxylic acid groups (broad SMARTS) is 1. The van der Waals surface area contributed by atoms with E-state index < -0.39 is 28.6 Å². The molecule has 4 rings (SSSR count). The molecule has 0 aromatic heterocycles. The summed E-state index contributed by atoms with van der Waals surface area (Å²) in [4.78, 5) is 50.3. The average molecular weight is 327 g/mol. The van der Waals surface area contributed by atoms with Crippen LogP contribution in [-0.4, -0.2) is 28.7 Å². The zero-order chi connectivity index (χ0) is 17.4. The van der Waals surface area contributed by atoms with Crippen molar-refractivity contribution in [2.75, 3.05) is 4.90 Å². The second kappa shape index (κ2) is 4.32. The van der Waals surface area contributed by atoms with Gasteiger partial charge in [-0.15, -0.1) is 0 Å². The van der Waals surface area contributed by atoms with E-state index in [2.05, 4.69) is 0 Å². The van der Waals surface area contributed by atoms with E-state index >= 15 is 0 Å². The third-order valence-corrected chi connectivity index (χ3v) is 6.09. The Morgan fingerprint density at radius 1 is 1.08 bits per heavy atom. The summed E-state index contributed by atoms with van der Waals surface area (Å²) < 4.78 is 0. The standard InChI is InChI=1S/C18H17NO5/c1-17-7-11(20)18(2,8-17)13-12(17)14(21)19(15(13)22)10-5-3-9(4-6-10)16(23)24/h3-6,12-13H,7-8H2,1-2H3,(H,23,24). The van der Waals surface area contributed by atoms with Gasteiger partial charge in [0.1, 0.15) is 5.78 Å². The Hall–Kier alpha value is -2.50. The van der Waals surface area contributed by atoms with E-state index in [0.29, 0.717) is 18.5 Å². The molecule has 24 heavy (non-hydrogen) atoms. The van der Waals surface area contributed by atoms with Gasteiger partial charge in [-0.2, -0.15) is 0 Å². The Bertz CT molecular complexity index is 813. The summed E-state index contributed by atoms with van der Waals surface area (Å²) >= 11 is 0. The van der Waals surface area contributed by atoms with Gasteiger partial charge in [-0.1, -0.05) is 13.8 Å². The van der Waals surface area contributed by atoms with Gasteiger partial charge in [0.15, 0.2) is 0 Å². The number of hydrogen-bond donors (Lipinski definition) is 1. The first-order valence-electron chi connectivity index (χ1n) is 7.93. The van der Waals surface area contributed by atoms with Gasteiger partial charge in [-0.05, 0) is 36.1 Å². The minimum atomic E-state index is -1.07. The molecular formula is C18H17NO5. The summed E-state index contributed by atoms with van der Waals surface area (Å²) in [6, 6.07) is 5.68. The lowest BCUT2D eigenvalue weighted by Gasteiger charge is -2.30. The van der Waals surface area contributed by atoms with E-state index in [0.717, 1.165) is 4.90 Å². The van der Waals surface area contributed by atoms with Crippen LogP contribution in [-0.2, 0) is 14.4 Å². The number of aromatic carboxylic acids is 1. The first kappa shape index (κ1) is 15.1. The number of amides is 2. The highest BCUT2D eigenvalue weighted by atomic mass is 16.4. The number of nitrogens with zero attached hydrogens (tertiary/aromatic N) is 1. The molecule has 1 saturated heterocycles. The molecule has 4 unspecified atom stereocenters. The quantitative estimate of drug-likeness (QED) is 0.837. The van der Waals surface area contributed by atoms with Crippen LogP contribution in [0.25, 0.3) is 0 Å². The Morgan fingerprint density at radius 2 is 1.67 bits per heavy atom. The Balaban J connectivity index is 1.76. The van der Waals surface area contributed by atoms with Gasteiger partial charge < -0.3 is 5.11 Å². The summed E-state index contributed by atoms with van der Waals surface area (Å²) in [7, 11) is 0. The number of rotatable bonds is 2. The fraction of sp³-hybridized carbons (Fsp3) is 0.444. The number of benzene rings is 1. The third kappa shape index (κ3) is 1.60.